The average molecular weight is 305 g/mol. The molecule has 8 nitrogen and oxygen atoms in total. The molecule has 1 aliphatic rings. The first-order valence-corrected chi connectivity index (χ1v) is 7.23. The fourth-order valence-corrected chi connectivity index (χ4v) is 2.60. The highest BCUT2D eigenvalue weighted by atomic mass is 32.3. The summed E-state index contributed by atoms with van der Waals surface area (Å²) in [4.78, 5) is 24.4. The maximum atomic E-state index is 12.9. The van der Waals surface area contributed by atoms with E-state index in [1.165, 1.54) is 6.20 Å². The number of amides is 1. The molecule has 1 N–H and O–H groups in total. The van der Waals surface area contributed by atoms with Gasteiger partial charge < -0.3 is 9.64 Å². The van der Waals surface area contributed by atoms with Crippen molar-refractivity contribution in [3.05, 3.63) is 11.9 Å². The third kappa shape index (κ3) is 2.64. The van der Waals surface area contributed by atoms with Gasteiger partial charge in [0.1, 0.15) is 5.25 Å². The lowest BCUT2D eigenvalue weighted by Gasteiger charge is -2.15. The number of esters is 1. The van der Waals surface area contributed by atoms with Gasteiger partial charge in [0, 0.05) is 13.0 Å². The molecule has 1 unspecified atom stereocenters. The zero-order valence-corrected chi connectivity index (χ0v) is 11.3. The first-order valence-electron chi connectivity index (χ1n) is 5.79. The Morgan fingerprint density at radius 2 is 2.35 bits per heavy atom. The van der Waals surface area contributed by atoms with Gasteiger partial charge in [0.15, 0.2) is 5.69 Å². The van der Waals surface area contributed by atoms with E-state index < -0.39 is 33.8 Å². The van der Waals surface area contributed by atoms with Crippen molar-refractivity contribution in [1.29, 1.82) is 0 Å². The molecule has 20 heavy (non-hydrogen) atoms. The molecule has 0 aromatic carbocycles. The fraction of sp³-hybridized carbons (Fsp3) is 0.500. The fourth-order valence-electron chi connectivity index (χ4n) is 1.93. The maximum Gasteiger partial charge on any atom is 0.358 e. The van der Waals surface area contributed by atoms with Gasteiger partial charge in [0.05, 0.1) is 18.5 Å². The summed E-state index contributed by atoms with van der Waals surface area (Å²) in [5.41, 5.74) is 0.0108. The normalized spacial score (nSPS) is 19.4. The zero-order chi connectivity index (χ0) is 14.9. The van der Waals surface area contributed by atoms with Gasteiger partial charge in [-0.05, 0) is 6.92 Å². The van der Waals surface area contributed by atoms with E-state index in [9.17, 15) is 21.9 Å². The number of nitrogens with one attached hydrogen (secondary N) is 1. The molecular weight excluding hydrogens is 293 g/mol. The summed E-state index contributed by atoms with van der Waals surface area (Å²) in [5, 5.41) is 4.58. The number of hydrogen-bond donors (Lipinski definition) is 1. The maximum absolute atomic E-state index is 12.9. The second-order valence-electron chi connectivity index (χ2n) is 4.16. The summed E-state index contributed by atoms with van der Waals surface area (Å²) in [5.74, 6) is -1.32. The van der Waals surface area contributed by atoms with Crippen molar-refractivity contribution in [2.24, 2.45) is 0 Å². The molecule has 0 spiro atoms. The van der Waals surface area contributed by atoms with E-state index in [4.69, 9.17) is 4.74 Å². The molecule has 0 bridgehead atoms. The van der Waals surface area contributed by atoms with Crippen LogP contribution in [0.25, 0.3) is 0 Å². The van der Waals surface area contributed by atoms with Gasteiger partial charge in [0.2, 0.25) is 5.91 Å². The smallest absolute Gasteiger partial charge is 0.358 e. The number of carbonyl (C=O) groups excluding carboxylic acids is 2. The van der Waals surface area contributed by atoms with Crippen molar-refractivity contribution in [3.63, 3.8) is 0 Å². The standard InChI is InChI=1S/C10H12FN3O5S/c1-2-19-10(16)9-7(4-12-13-9)14-5-6(3-8(14)15)20(11,17)18/h4,6H,2-3,5H2,1H3,(H,12,13). The van der Waals surface area contributed by atoms with Crippen molar-refractivity contribution in [2.75, 3.05) is 18.1 Å². The Morgan fingerprint density at radius 3 is 2.90 bits per heavy atom. The predicted molar refractivity (Wildman–Crippen MR) is 65.3 cm³/mol. The van der Waals surface area contributed by atoms with Crippen LogP contribution in [0.3, 0.4) is 0 Å². The number of anilines is 1. The highest BCUT2D eigenvalue weighted by Crippen LogP contribution is 2.27. The second-order valence-corrected chi connectivity index (χ2v) is 5.77. The Hall–Kier alpha value is -1.97. The van der Waals surface area contributed by atoms with Gasteiger partial charge in [-0.25, -0.2) is 4.79 Å². The van der Waals surface area contributed by atoms with E-state index in [1.54, 1.807) is 6.92 Å². The quantitative estimate of drug-likeness (QED) is 0.619. The Morgan fingerprint density at radius 1 is 1.65 bits per heavy atom. The van der Waals surface area contributed by atoms with Crippen LogP contribution >= 0.6 is 0 Å². The highest BCUT2D eigenvalue weighted by molar-refractivity contribution is 7.87. The molecule has 1 aliphatic heterocycles. The zero-order valence-electron chi connectivity index (χ0n) is 10.5. The molecule has 1 amide bonds. The minimum Gasteiger partial charge on any atom is -0.461 e. The number of H-pyrrole nitrogens is 1. The summed E-state index contributed by atoms with van der Waals surface area (Å²) in [7, 11) is -4.81. The number of rotatable bonds is 4. The highest BCUT2D eigenvalue weighted by Gasteiger charge is 2.40. The molecule has 2 rings (SSSR count). The van der Waals surface area contributed by atoms with Crippen molar-refractivity contribution in [2.45, 2.75) is 18.6 Å². The lowest BCUT2D eigenvalue weighted by Crippen LogP contribution is -2.28. The average Bonchev–Trinajstić information content (AvgIpc) is 2.94. The molecule has 1 saturated heterocycles. The van der Waals surface area contributed by atoms with Crippen LogP contribution in [0.15, 0.2) is 6.20 Å². The molecule has 0 radical (unpaired) electrons. The summed E-state index contributed by atoms with van der Waals surface area (Å²) < 4.78 is 39.4. The van der Waals surface area contributed by atoms with Crippen LogP contribution in [0, 0.1) is 0 Å². The first kappa shape index (κ1) is 14.4. The van der Waals surface area contributed by atoms with Crippen LogP contribution in [0.4, 0.5) is 9.57 Å². The third-order valence-corrected chi connectivity index (χ3v) is 3.99. The van der Waals surface area contributed by atoms with Gasteiger partial charge in [-0.2, -0.15) is 13.5 Å². The summed E-state index contributed by atoms with van der Waals surface area (Å²) in [6, 6.07) is 0. The number of ether oxygens (including phenoxy) is 1. The summed E-state index contributed by atoms with van der Waals surface area (Å²) in [6.07, 6.45) is 0.726. The minimum absolute atomic E-state index is 0.0721. The SMILES string of the molecule is CCOC(=O)c1[nH]ncc1N1CC(S(=O)(=O)F)CC1=O. The van der Waals surface area contributed by atoms with Crippen LogP contribution in [0.1, 0.15) is 23.8 Å². The molecule has 1 aromatic heterocycles. The first-order chi connectivity index (χ1) is 9.34. The van der Waals surface area contributed by atoms with Gasteiger partial charge >= 0.3 is 16.2 Å². The number of carbonyl (C=O) groups is 2. The van der Waals surface area contributed by atoms with E-state index in [-0.39, 0.29) is 24.5 Å². The second kappa shape index (κ2) is 5.19. The molecule has 0 saturated carbocycles. The monoisotopic (exact) mass is 305 g/mol. The molecular formula is C10H12FN3O5S. The predicted octanol–water partition coefficient (Wildman–Crippen LogP) is -0.00900. The Kier molecular flexibility index (Phi) is 3.75. The van der Waals surface area contributed by atoms with Gasteiger partial charge in [-0.1, -0.05) is 0 Å². The molecule has 110 valence electrons. The van der Waals surface area contributed by atoms with Gasteiger partial charge in [0.25, 0.3) is 0 Å². The van der Waals surface area contributed by atoms with Crippen molar-refractivity contribution in [3.8, 4) is 0 Å². The van der Waals surface area contributed by atoms with Crippen LogP contribution in [0.2, 0.25) is 0 Å². The van der Waals surface area contributed by atoms with Crippen LogP contribution < -0.4 is 4.90 Å². The van der Waals surface area contributed by atoms with E-state index in [2.05, 4.69) is 10.2 Å². The molecule has 1 atom stereocenters. The molecule has 1 aromatic rings. The largest absolute Gasteiger partial charge is 0.461 e. The van der Waals surface area contributed by atoms with Crippen molar-refractivity contribution in [1.82, 2.24) is 10.2 Å². The Bertz CT molecular complexity index is 641. The Balaban J connectivity index is 2.28. The number of aromatic amines is 1. The lowest BCUT2D eigenvalue weighted by atomic mass is 10.3. The number of aromatic nitrogens is 2. The summed E-state index contributed by atoms with van der Waals surface area (Å²) >= 11 is 0. The topological polar surface area (TPSA) is 109 Å². The van der Waals surface area contributed by atoms with E-state index in [0.29, 0.717) is 0 Å². The molecule has 2 heterocycles. The van der Waals surface area contributed by atoms with Gasteiger partial charge in [-0.15, -0.1) is 3.89 Å². The summed E-state index contributed by atoms with van der Waals surface area (Å²) in [6.45, 7) is 1.39. The molecule has 0 aliphatic carbocycles. The van der Waals surface area contributed by atoms with E-state index in [1.807, 2.05) is 0 Å². The molecule has 1 fully saturated rings. The van der Waals surface area contributed by atoms with E-state index in [0.717, 1.165) is 4.90 Å². The minimum atomic E-state index is -4.81. The Labute approximate surface area is 114 Å². The lowest BCUT2D eigenvalue weighted by molar-refractivity contribution is -0.117. The van der Waals surface area contributed by atoms with Crippen molar-refractivity contribution < 1.29 is 26.6 Å². The van der Waals surface area contributed by atoms with Crippen LogP contribution in [-0.2, 0) is 19.8 Å². The molecule has 10 heteroatoms. The van der Waals surface area contributed by atoms with E-state index >= 15 is 0 Å². The van der Waals surface area contributed by atoms with Crippen molar-refractivity contribution >= 4 is 27.8 Å². The number of nitrogens with zero attached hydrogens (tertiary/aromatic N) is 2. The van der Waals surface area contributed by atoms with Crippen LogP contribution in [-0.4, -0.2) is 48.9 Å². The number of hydrogen-bond acceptors (Lipinski definition) is 6. The van der Waals surface area contributed by atoms with Gasteiger partial charge in [-0.3, -0.25) is 9.89 Å². The third-order valence-electron chi connectivity index (χ3n) is 2.88. The number of halogens is 1. The van der Waals surface area contributed by atoms with Crippen LogP contribution in [0.5, 0.6) is 0 Å².